The zero-order valence-corrected chi connectivity index (χ0v) is 8.42. The van der Waals surface area contributed by atoms with Crippen LogP contribution < -0.4 is 0 Å². The third kappa shape index (κ3) is 1.78. The summed E-state index contributed by atoms with van der Waals surface area (Å²) in [7, 11) is 0. The number of rotatable bonds is 1. The van der Waals surface area contributed by atoms with Crippen molar-refractivity contribution in [1.29, 1.82) is 0 Å². The van der Waals surface area contributed by atoms with Crippen LogP contribution in [-0.4, -0.2) is 33.9 Å². The zero-order valence-electron chi connectivity index (χ0n) is 8.42. The molecule has 2 rings (SSSR count). The van der Waals surface area contributed by atoms with Crippen molar-refractivity contribution in [2.45, 2.75) is 26.2 Å². The van der Waals surface area contributed by atoms with Crippen molar-refractivity contribution in [3.8, 4) is 0 Å². The molecule has 0 spiro atoms. The van der Waals surface area contributed by atoms with E-state index in [-0.39, 0.29) is 5.91 Å². The molecule has 1 aromatic heterocycles. The van der Waals surface area contributed by atoms with Gasteiger partial charge in [-0.1, -0.05) is 0 Å². The fourth-order valence-electron chi connectivity index (χ4n) is 1.80. The predicted octanol–water partition coefficient (Wildman–Crippen LogP) is 1.34. The van der Waals surface area contributed by atoms with Crippen molar-refractivity contribution < 1.29 is 4.79 Å². The quantitative estimate of drug-likeness (QED) is 0.731. The number of carbonyl (C=O) groups is 1. The van der Waals surface area contributed by atoms with Crippen molar-refractivity contribution in [1.82, 2.24) is 14.9 Å². The third-order valence-corrected chi connectivity index (χ3v) is 2.58. The molecule has 4 heteroatoms. The van der Waals surface area contributed by atoms with Crippen LogP contribution in [0.4, 0.5) is 0 Å². The number of nitrogens with zero attached hydrogens (tertiary/aromatic N) is 2. The van der Waals surface area contributed by atoms with E-state index in [1.54, 1.807) is 6.20 Å². The minimum atomic E-state index is 0.0882. The molecule has 1 amide bonds. The van der Waals surface area contributed by atoms with Crippen molar-refractivity contribution in [2.24, 2.45) is 0 Å². The molecule has 1 aliphatic rings. The van der Waals surface area contributed by atoms with E-state index in [1.807, 2.05) is 11.8 Å². The van der Waals surface area contributed by atoms with Crippen LogP contribution in [0.3, 0.4) is 0 Å². The molecule has 0 saturated carbocycles. The summed E-state index contributed by atoms with van der Waals surface area (Å²) >= 11 is 0. The van der Waals surface area contributed by atoms with E-state index in [2.05, 4.69) is 9.97 Å². The maximum Gasteiger partial charge on any atom is 0.271 e. The molecule has 1 aliphatic heterocycles. The molecule has 76 valence electrons. The number of likely N-dealkylation sites (tertiary alicyclic amines) is 1. The van der Waals surface area contributed by atoms with Gasteiger partial charge in [0.05, 0.1) is 6.20 Å². The fraction of sp³-hybridized carbons (Fsp3) is 0.600. The van der Waals surface area contributed by atoms with E-state index in [0.717, 1.165) is 31.8 Å². The number of nitrogens with one attached hydrogen (secondary N) is 1. The average Bonchev–Trinajstić information content (AvgIpc) is 2.65. The number of aromatic amines is 1. The van der Waals surface area contributed by atoms with Gasteiger partial charge in [-0.25, -0.2) is 4.98 Å². The first-order chi connectivity index (χ1) is 6.77. The second-order valence-corrected chi connectivity index (χ2v) is 3.74. The Morgan fingerprint density at radius 1 is 1.43 bits per heavy atom. The SMILES string of the molecule is Cc1ncc(C(=O)N2CCCCC2)[nH]1. The van der Waals surface area contributed by atoms with Gasteiger partial charge in [-0.15, -0.1) is 0 Å². The van der Waals surface area contributed by atoms with Crippen molar-refractivity contribution >= 4 is 5.91 Å². The minimum Gasteiger partial charge on any atom is -0.338 e. The topological polar surface area (TPSA) is 49.0 Å². The summed E-state index contributed by atoms with van der Waals surface area (Å²) in [6.07, 6.45) is 5.11. The smallest absolute Gasteiger partial charge is 0.271 e. The monoisotopic (exact) mass is 193 g/mol. The van der Waals surface area contributed by atoms with Gasteiger partial charge in [0.25, 0.3) is 5.91 Å². The van der Waals surface area contributed by atoms with Crippen molar-refractivity contribution in [2.75, 3.05) is 13.1 Å². The Balaban J connectivity index is 2.07. The lowest BCUT2D eigenvalue weighted by molar-refractivity contribution is 0.0719. The van der Waals surface area contributed by atoms with Crippen LogP contribution in [0.15, 0.2) is 6.20 Å². The van der Waals surface area contributed by atoms with Gasteiger partial charge in [-0.3, -0.25) is 4.79 Å². The van der Waals surface area contributed by atoms with Crippen molar-refractivity contribution in [3.05, 3.63) is 17.7 Å². The Morgan fingerprint density at radius 3 is 2.71 bits per heavy atom. The number of piperidine rings is 1. The maximum absolute atomic E-state index is 11.9. The molecule has 1 N–H and O–H groups in total. The zero-order chi connectivity index (χ0) is 9.97. The van der Waals surface area contributed by atoms with Gasteiger partial charge < -0.3 is 9.88 Å². The number of carbonyl (C=O) groups excluding carboxylic acids is 1. The highest BCUT2D eigenvalue weighted by atomic mass is 16.2. The van der Waals surface area contributed by atoms with Gasteiger partial charge in [-0.2, -0.15) is 0 Å². The highest BCUT2D eigenvalue weighted by molar-refractivity contribution is 5.92. The summed E-state index contributed by atoms with van der Waals surface area (Å²) in [4.78, 5) is 20.8. The van der Waals surface area contributed by atoms with Gasteiger partial charge in [0.1, 0.15) is 11.5 Å². The summed E-state index contributed by atoms with van der Waals surface area (Å²) in [6, 6.07) is 0. The van der Waals surface area contributed by atoms with Crippen LogP contribution >= 0.6 is 0 Å². The second-order valence-electron chi connectivity index (χ2n) is 3.74. The molecule has 0 aliphatic carbocycles. The first-order valence-electron chi connectivity index (χ1n) is 5.08. The van der Waals surface area contributed by atoms with Gasteiger partial charge in [0.15, 0.2) is 0 Å². The van der Waals surface area contributed by atoms with E-state index in [0.29, 0.717) is 5.69 Å². The molecule has 4 nitrogen and oxygen atoms in total. The summed E-state index contributed by atoms with van der Waals surface area (Å²) < 4.78 is 0. The number of amides is 1. The molecule has 14 heavy (non-hydrogen) atoms. The van der Waals surface area contributed by atoms with E-state index >= 15 is 0 Å². The molecule has 0 bridgehead atoms. The highest BCUT2D eigenvalue weighted by Crippen LogP contribution is 2.11. The lowest BCUT2D eigenvalue weighted by Crippen LogP contribution is -2.35. The first kappa shape index (κ1) is 9.24. The fourth-order valence-corrected chi connectivity index (χ4v) is 1.80. The Kier molecular flexibility index (Phi) is 2.52. The van der Waals surface area contributed by atoms with E-state index < -0.39 is 0 Å². The van der Waals surface area contributed by atoms with Gasteiger partial charge >= 0.3 is 0 Å². The average molecular weight is 193 g/mol. The first-order valence-corrected chi connectivity index (χ1v) is 5.08. The van der Waals surface area contributed by atoms with Crippen LogP contribution in [-0.2, 0) is 0 Å². The van der Waals surface area contributed by atoms with Gasteiger partial charge in [0, 0.05) is 13.1 Å². The molecule has 0 aromatic carbocycles. The van der Waals surface area contributed by atoms with Gasteiger partial charge in [0.2, 0.25) is 0 Å². The van der Waals surface area contributed by atoms with E-state index in [4.69, 9.17) is 0 Å². The largest absolute Gasteiger partial charge is 0.338 e. The Bertz CT molecular complexity index is 326. The summed E-state index contributed by atoms with van der Waals surface area (Å²) in [6.45, 7) is 3.63. The normalized spacial score (nSPS) is 17.1. The standard InChI is InChI=1S/C10H15N3O/c1-8-11-7-9(12-8)10(14)13-5-3-2-4-6-13/h7H,2-6H2,1H3,(H,11,12). The summed E-state index contributed by atoms with van der Waals surface area (Å²) in [5.74, 6) is 0.885. The van der Waals surface area contributed by atoms with Crippen molar-refractivity contribution in [3.63, 3.8) is 0 Å². The maximum atomic E-state index is 11.9. The molecule has 0 atom stereocenters. The lowest BCUT2D eigenvalue weighted by atomic mass is 10.1. The van der Waals surface area contributed by atoms with E-state index in [1.165, 1.54) is 6.42 Å². The van der Waals surface area contributed by atoms with Gasteiger partial charge in [-0.05, 0) is 26.2 Å². The van der Waals surface area contributed by atoms with Crippen LogP contribution in [0.5, 0.6) is 0 Å². The molecule has 2 heterocycles. The molecule has 1 aromatic rings. The number of H-pyrrole nitrogens is 1. The predicted molar refractivity (Wildman–Crippen MR) is 53.1 cm³/mol. The Morgan fingerprint density at radius 2 is 2.14 bits per heavy atom. The third-order valence-electron chi connectivity index (χ3n) is 2.58. The number of aryl methyl sites for hydroxylation is 1. The van der Waals surface area contributed by atoms with Crippen LogP contribution in [0.1, 0.15) is 35.6 Å². The summed E-state index contributed by atoms with van der Waals surface area (Å²) in [5.41, 5.74) is 0.615. The van der Waals surface area contributed by atoms with Crippen LogP contribution in [0.25, 0.3) is 0 Å². The molecular weight excluding hydrogens is 178 g/mol. The molecular formula is C10H15N3O. The summed E-state index contributed by atoms with van der Waals surface area (Å²) in [5, 5.41) is 0. The Labute approximate surface area is 83.3 Å². The lowest BCUT2D eigenvalue weighted by Gasteiger charge is -2.25. The number of aromatic nitrogens is 2. The van der Waals surface area contributed by atoms with Crippen LogP contribution in [0.2, 0.25) is 0 Å². The number of hydrogen-bond acceptors (Lipinski definition) is 2. The molecule has 1 fully saturated rings. The highest BCUT2D eigenvalue weighted by Gasteiger charge is 2.19. The molecule has 1 saturated heterocycles. The second kappa shape index (κ2) is 3.82. The Hall–Kier alpha value is -1.32. The number of imidazole rings is 1. The van der Waals surface area contributed by atoms with Crippen LogP contribution in [0, 0.1) is 6.92 Å². The minimum absolute atomic E-state index is 0.0882. The molecule has 0 unspecified atom stereocenters. The number of hydrogen-bond donors (Lipinski definition) is 1. The van der Waals surface area contributed by atoms with E-state index in [9.17, 15) is 4.79 Å². The molecule has 0 radical (unpaired) electrons.